The first-order chi connectivity index (χ1) is 20.3. The number of carbonyl (C=O) groups is 1. The van der Waals surface area contributed by atoms with Gasteiger partial charge < -0.3 is 29.2 Å². The van der Waals surface area contributed by atoms with Crippen LogP contribution in [0.1, 0.15) is 48.3 Å². The number of likely N-dealkylation sites (tertiary alicyclic amines) is 1. The summed E-state index contributed by atoms with van der Waals surface area (Å²) in [6.07, 6.45) is 3.12. The summed E-state index contributed by atoms with van der Waals surface area (Å²) in [6.45, 7) is 7.01. The molecule has 0 spiro atoms. The lowest BCUT2D eigenvalue weighted by atomic mass is 9.88. The first-order valence-corrected chi connectivity index (χ1v) is 14.7. The third kappa shape index (κ3) is 7.07. The van der Waals surface area contributed by atoms with E-state index in [-0.39, 0.29) is 17.9 Å². The van der Waals surface area contributed by atoms with Crippen LogP contribution in [0.15, 0.2) is 48.5 Å². The van der Waals surface area contributed by atoms with Crippen molar-refractivity contribution in [3.63, 3.8) is 0 Å². The van der Waals surface area contributed by atoms with E-state index in [9.17, 15) is 14.3 Å². The molecule has 0 bridgehead atoms. The molecule has 2 aliphatic rings. The number of rotatable bonds is 10. The molecule has 0 saturated carbocycles. The fraction of sp³-hybridized carbons (Fsp3) is 0.455. The molecule has 3 aromatic rings. The van der Waals surface area contributed by atoms with Crippen LogP contribution in [0.4, 0.5) is 14.6 Å². The average Bonchev–Trinajstić information content (AvgIpc) is 3.00. The van der Waals surface area contributed by atoms with Gasteiger partial charge in [0.2, 0.25) is 0 Å². The number of ether oxygens (including phenoxy) is 2. The summed E-state index contributed by atoms with van der Waals surface area (Å²) in [6, 6.07) is 13.7. The first-order valence-electron chi connectivity index (χ1n) is 14.7. The molecule has 0 atom stereocenters. The lowest BCUT2D eigenvalue weighted by Crippen LogP contribution is -2.41. The highest BCUT2D eigenvalue weighted by atomic mass is 19.1. The number of halogens is 2. The van der Waals surface area contributed by atoms with E-state index < -0.39 is 23.5 Å². The van der Waals surface area contributed by atoms with E-state index in [0.717, 1.165) is 56.3 Å². The van der Waals surface area contributed by atoms with Crippen molar-refractivity contribution >= 4 is 11.8 Å². The van der Waals surface area contributed by atoms with Gasteiger partial charge in [0, 0.05) is 50.3 Å². The Morgan fingerprint density at radius 3 is 2.48 bits per heavy atom. The molecule has 224 valence electrons. The van der Waals surface area contributed by atoms with Gasteiger partial charge in [-0.2, -0.15) is 0 Å². The van der Waals surface area contributed by atoms with Crippen molar-refractivity contribution in [2.75, 3.05) is 51.3 Å². The molecule has 0 unspecified atom stereocenters. The number of hydrogen-bond donors (Lipinski definition) is 0. The third-order valence-corrected chi connectivity index (χ3v) is 8.58. The Bertz CT molecular complexity index is 1390. The van der Waals surface area contributed by atoms with Crippen LogP contribution in [-0.4, -0.2) is 62.3 Å². The Hall–Kier alpha value is -3.56. The minimum Gasteiger partial charge on any atom is -0.550 e. The second kappa shape index (κ2) is 13.6. The van der Waals surface area contributed by atoms with Crippen molar-refractivity contribution < 1.29 is 28.2 Å². The number of carboxylic acid groups (broad SMARTS) is 1. The predicted octanol–water partition coefficient (Wildman–Crippen LogP) is 4.71. The van der Waals surface area contributed by atoms with Gasteiger partial charge >= 0.3 is 0 Å². The van der Waals surface area contributed by atoms with Crippen LogP contribution >= 0.6 is 0 Å². The molecule has 42 heavy (non-hydrogen) atoms. The Morgan fingerprint density at radius 1 is 1.02 bits per heavy atom. The molecule has 2 saturated heterocycles. The highest BCUT2D eigenvalue weighted by Gasteiger charge is 2.23. The maximum Gasteiger partial charge on any atom is 0.168 e. The van der Waals surface area contributed by atoms with Gasteiger partial charge in [0.25, 0.3) is 0 Å². The molecule has 0 radical (unpaired) electrons. The van der Waals surface area contributed by atoms with Crippen LogP contribution in [0.25, 0.3) is 11.3 Å². The van der Waals surface area contributed by atoms with Crippen LogP contribution in [0.3, 0.4) is 0 Å². The quantitative estimate of drug-likeness (QED) is 0.345. The maximum atomic E-state index is 15.1. The van der Waals surface area contributed by atoms with Gasteiger partial charge in [0.1, 0.15) is 18.2 Å². The van der Waals surface area contributed by atoms with Gasteiger partial charge in [0.05, 0.1) is 12.3 Å². The molecule has 7 nitrogen and oxygen atoms in total. The lowest BCUT2D eigenvalue weighted by Gasteiger charge is -2.33. The molecule has 5 rings (SSSR count). The zero-order chi connectivity index (χ0) is 29.6. The van der Waals surface area contributed by atoms with E-state index in [1.807, 2.05) is 24.0 Å². The highest BCUT2D eigenvalue weighted by molar-refractivity contribution is 5.70. The Balaban J connectivity index is 1.29. The largest absolute Gasteiger partial charge is 0.550 e. The van der Waals surface area contributed by atoms with Crippen LogP contribution in [0.5, 0.6) is 5.75 Å². The molecule has 2 fully saturated rings. The van der Waals surface area contributed by atoms with Crippen LogP contribution in [-0.2, 0) is 16.1 Å². The second-order valence-corrected chi connectivity index (χ2v) is 11.3. The number of aryl methyl sites for hydroxylation is 1. The number of pyridine rings is 1. The predicted molar refractivity (Wildman–Crippen MR) is 155 cm³/mol. The van der Waals surface area contributed by atoms with Crippen LogP contribution in [0, 0.1) is 24.5 Å². The van der Waals surface area contributed by atoms with E-state index in [2.05, 4.69) is 22.0 Å². The number of nitrogens with zero attached hydrogens (tertiary/aromatic N) is 3. The molecule has 2 aromatic carbocycles. The van der Waals surface area contributed by atoms with E-state index in [1.54, 1.807) is 19.2 Å². The van der Waals surface area contributed by atoms with Crippen molar-refractivity contribution in [1.29, 1.82) is 0 Å². The highest BCUT2D eigenvalue weighted by Crippen LogP contribution is 2.35. The van der Waals surface area contributed by atoms with Crippen molar-refractivity contribution in [3.05, 3.63) is 76.9 Å². The van der Waals surface area contributed by atoms with E-state index in [1.165, 1.54) is 11.6 Å². The van der Waals surface area contributed by atoms with Crippen molar-refractivity contribution in [3.8, 4) is 17.0 Å². The molecule has 2 aliphatic heterocycles. The number of carboxylic acids is 1. The van der Waals surface area contributed by atoms with Gasteiger partial charge in [-0.15, -0.1) is 0 Å². The second-order valence-electron chi connectivity index (χ2n) is 11.3. The molecule has 0 N–H and O–H groups in total. The van der Waals surface area contributed by atoms with E-state index in [0.29, 0.717) is 43.4 Å². The fourth-order valence-corrected chi connectivity index (χ4v) is 5.99. The van der Waals surface area contributed by atoms with Crippen molar-refractivity contribution in [2.45, 2.75) is 45.1 Å². The summed E-state index contributed by atoms with van der Waals surface area (Å²) >= 11 is 0. The average molecular weight is 579 g/mol. The van der Waals surface area contributed by atoms with E-state index >= 15 is 4.39 Å². The maximum absolute atomic E-state index is 15.1. The number of anilines is 1. The summed E-state index contributed by atoms with van der Waals surface area (Å²) < 4.78 is 40.7. The van der Waals surface area contributed by atoms with E-state index in [4.69, 9.17) is 9.47 Å². The molecule has 9 heteroatoms. The summed E-state index contributed by atoms with van der Waals surface area (Å²) in [4.78, 5) is 20.3. The number of hydrogen-bond acceptors (Lipinski definition) is 7. The number of aromatic nitrogens is 1. The molecule has 0 amide bonds. The minimum atomic E-state index is -1.03. The number of benzene rings is 2. The lowest BCUT2D eigenvalue weighted by molar-refractivity contribution is -0.312. The Kier molecular flexibility index (Phi) is 9.69. The van der Waals surface area contributed by atoms with Gasteiger partial charge in [0.15, 0.2) is 11.6 Å². The Labute approximate surface area is 246 Å². The monoisotopic (exact) mass is 578 g/mol. The molecule has 0 aliphatic carbocycles. The summed E-state index contributed by atoms with van der Waals surface area (Å²) in [7, 11) is 1.73. The minimum absolute atomic E-state index is 0.0522. The summed E-state index contributed by atoms with van der Waals surface area (Å²) in [5.41, 5.74) is 3.92. The summed E-state index contributed by atoms with van der Waals surface area (Å²) in [5, 5.41) is 11.2. The van der Waals surface area contributed by atoms with Crippen molar-refractivity contribution in [1.82, 2.24) is 9.88 Å². The number of carbonyl (C=O) groups excluding carboxylic acids is 1. The van der Waals surface area contributed by atoms with Crippen LogP contribution in [0.2, 0.25) is 0 Å². The van der Waals surface area contributed by atoms with Crippen LogP contribution < -0.4 is 14.7 Å². The number of methoxy groups -OCH3 is 1. The SMILES string of the molecule is COCCN1CCC(c2ccc(COc3c(F)cc(F)cc3-c3cccc(N4CCC(C(=O)[O-])CC4)n3)c(C)c2)CC1. The summed E-state index contributed by atoms with van der Waals surface area (Å²) in [5.74, 6) is -1.94. The third-order valence-electron chi connectivity index (χ3n) is 8.58. The topological polar surface area (TPSA) is 78.0 Å². The standard InChI is InChI=1S/C33H39F2N3O4/c1-22-18-25(23-8-12-37(13-9-23)16-17-41-2)6-7-26(22)21-42-32-28(19-27(34)20-29(32)35)30-4-3-5-31(36-30)38-14-10-24(11-15-38)33(39)40/h3-7,18-20,23-24H,8-17,21H2,1-2H3,(H,39,40)/p-1. The molecular weight excluding hydrogens is 540 g/mol. The Morgan fingerprint density at radius 2 is 1.79 bits per heavy atom. The smallest absolute Gasteiger partial charge is 0.168 e. The fourth-order valence-electron chi connectivity index (χ4n) is 5.99. The normalized spacial score (nSPS) is 17.0. The molecular formula is C33H38F2N3O4-. The van der Waals surface area contributed by atoms with Gasteiger partial charge in [-0.25, -0.2) is 13.8 Å². The molecule has 1 aromatic heterocycles. The van der Waals surface area contributed by atoms with Gasteiger partial charge in [-0.05, 0) is 86.5 Å². The zero-order valence-corrected chi connectivity index (χ0v) is 24.3. The first kappa shape index (κ1) is 29.9. The number of aliphatic carboxylic acids is 1. The van der Waals surface area contributed by atoms with Gasteiger partial charge in [-0.1, -0.05) is 24.3 Å². The zero-order valence-electron chi connectivity index (χ0n) is 24.3. The van der Waals surface area contributed by atoms with Gasteiger partial charge in [-0.3, -0.25) is 0 Å². The number of piperidine rings is 2. The molecule has 3 heterocycles. The van der Waals surface area contributed by atoms with Crippen molar-refractivity contribution in [2.24, 2.45) is 5.92 Å².